The first-order valence-electron chi connectivity index (χ1n) is 10.1. The summed E-state index contributed by atoms with van der Waals surface area (Å²) in [5.41, 5.74) is 5.45. The molecule has 4 aromatic rings. The van der Waals surface area contributed by atoms with Crippen LogP contribution in [0.5, 0.6) is 0 Å². The zero-order valence-corrected chi connectivity index (χ0v) is 18.2. The molecule has 0 fully saturated rings. The van der Waals surface area contributed by atoms with Crippen LogP contribution in [-0.2, 0) is 0 Å². The highest BCUT2D eigenvalue weighted by molar-refractivity contribution is 7.74. The molecule has 0 amide bonds. The van der Waals surface area contributed by atoms with Crippen LogP contribution in [-0.4, -0.2) is 5.71 Å². The van der Waals surface area contributed by atoms with Crippen molar-refractivity contribution in [3.8, 4) is 0 Å². The van der Waals surface area contributed by atoms with Crippen LogP contribution in [0.4, 0.5) is 11.4 Å². The van der Waals surface area contributed by atoms with Crippen molar-refractivity contribution in [3.63, 3.8) is 0 Å². The number of hydrogen-bond acceptors (Lipinski definition) is 2. The molecule has 30 heavy (non-hydrogen) atoms. The van der Waals surface area contributed by atoms with Gasteiger partial charge in [-0.25, -0.2) is 0 Å². The Morgan fingerprint density at radius 3 is 1.90 bits per heavy atom. The summed E-state index contributed by atoms with van der Waals surface area (Å²) < 4.78 is 0. The van der Waals surface area contributed by atoms with Gasteiger partial charge in [-0.15, -0.1) is 0 Å². The first-order chi connectivity index (χ1) is 14.7. The summed E-state index contributed by atoms with van der Waals surface area (Å²) in [7, 11) is -0.700. The van der Waals surface area contributed by atoms with Gasteiger partial charge >= 0.3 is 0 Å². The third-order valence-electron chi connectivity index (χ3n) is 4.88. The van der Waals surface area contributed by atoms with Gasteiger partial charge < -0.3 is 5.09 Å². The van der Waals surface area contributed by atoms with Gasteiger partial charge in [-0.1, -0.05) is 90.5 Å². The molecule has 0 aliphatic carbocycles. The van der Waals surface area contributed by atoms with Crippen LogP contribution in [0.15, 0.2) is 114 Å². The number of aryl methyl sites for hydroxylation is 1. The van der Waals surface area contributed by atoms with E-state index in [4.69, 9.17) is 4.99 Å². The van der Waals surface area contributed by atoms with Crippen LogP contribution in [0.25, 0.3) is 0 Å². The Morgan fingerprint density at radius 2 is 1.30 bits per heavy atom. The van der Waals surface area contributed by atoms with Crippen LogP contribution in [0.2, 0.25) is 0 Å². The summed E-state index contributed by atoms with van der Waals surface area (Å²) in [5, 5.41) is 6.39. The molecule has 4 aromatic carbocycles. The summed E-state index contributed by atoms with van der Waals surface area (Å²) in [6.07, 6.45) is 0. The Labute approximate surface area is 180 Å². The van der Waals surface area contributed by atoms with E-state index < -0.39 is 8.07 Å². The van der Waals surface area contributed by atoms with Gasteiger partial charge in [0.05, 0.1) is 13.8 Å². The van der Waals surface area contributed by atoms with Crippen LogP contribution < -0.4 is 15.7 Å². The first-order valence-corrected chi connectivity index (χ1v) is 11.4. The Morgan fingerprint density at radius 1 is 0.700 bits per heavy atom. The molecule has 0 atom stereocenters. The Hall–Kier alpha value is -3.22. The molecule has 0 spiro atoms. The largest absolute Gasteiger partial charge is 0.357 e. The summed E-state index contributed by atoms with van der Waals surface area (Å²) in [5.74, 6) is 0. The summed E-state index contributed by atoms with van der Waals surface area (Å²) in [6.45, 7) is 4.16. The average molecular weight is 408 g/mol. The highest BCUT2D eigenvalue weighted by atomic mass is 31.1. The van der Waals surface area contributed by atoms with E-state index in [-0.39, 0.29) is 0 Å². The highest BCUT2D eigenvalue weighted by Crippen LogP contribution is 2.34. The third-order valence-corrected chi connectivity index (χ3v) is 6.99. The van der Waals surface area contributed by atoms with E-state index in [1.165, 1.54) is 16.2 Å². The lowest BCUT2D eigenvalue weighted by molar-refractivity contribution is 1.42. The predicted octanol–water partition coefficient (Wildman–Crippen LogP) is 6.60. The summed E-state index contributed by atoms with van der Waals surface area (Å²) in [6, 6.07) is 38.1. The second kappa shape index (κ2) is 9.52. The molecular formula is C27H25N2P. The van der Waals surface area contributed by atoms with Crippen molar-refractivity contribution in [1.29, 1.82) is 0 Å². The molecular weight excluding hydrogens is 383 g/mol. The fraction of sp³-hybridized carbons (Fsp3) is 0.0741. The number of aliphatic imine (C=N–C) groups is 1. The molecule has 0 aromatic heterocycles. The van der Waals surface area contributed by atoms with Crippen molar-refractivity contribution in [2.24, 2.45) is 4.99 Å². The minimum absolute atomic E-state index is 0.700. The zero-order valence-electron chi connectivity index (χ0n) is 17.3. The molecule has 0 saturated heterocycles. The molecule has 0 bridgehead atoms. The lowest BCUT2D eigenvalue weighted by Crippen LogP contribution is -2.17. The van der Waals surface area contributed by atoms with E-state index in [0.29, 0.717) is 0 Å². The minimum Gasteiger partial charge on any atom is -0.357 e. The quantitative estimate of drug-likeness (QED) is 0.282. The van der Waals surface area contributed by atoms with Gasteiger partial charge in [0.15, 0.2) is 0 Å². The third kappa shape index (κ3) is 5.03. The van der Waals surface area contributed by atoms with Crippen molar-refractivity contribution in [2.75, 3.05) is 5.09 Å². The molecule has 3 heteroatoms. The lowest BCUT2D eigenvalue weighted by Gasteiger charge is -2.21. The summed E-state index contributed by atoms with van der Waals surface area (Å²) in [4.78, 5) is 4.80. The molecule has 0 radical (unpaired) electrons. The summed E-state index contributed by atoms with van der Waals surface area (Å²) >= 11 is 0. The fourth-order valence-corrected chi connectivity index (χ4v) is 5.15. The predicted molar refractivity (Wildman–Crippen MR) is 132 cm³/mol. The molecule has 2 nitrogen and oxygen atoms in total. The monoisotopic (exact) mass is 408 g/mol. The number of hydrogen-bond donors (Lipinski definition) is 1. The number of nitrogens with one attached hydrogen (secondary N) is 1. The van der Waals surface area contributed by atoms with Crippen molar-refractivity contribution < 1.29 is 0 Å². The SMILES string of the molecule is CC(=Nc1ccc(C)cc1)c1cccc(NP(c2ccccc2)c2ccccc2)c1. The number of anilines is 1. The number of benzene rings is 4. The molecule has 0 aliphatic rings. The maximum Gasteiger partial charge on any atom is 0.0633 e. The van der Waals surface area contributed by atoms with E-state index in [1.54, 1.807) is 0 Å². The first kappa shape index (κ1) is 20.1. The standard InChI is InChI=1S/C27H25N2P/c1-21-16-18-24(19-17-21)28-22(2)23-10-9-11-25(20-23)29-30(26-12-5-3-6-13-26)27-14-7-4-8-15-27/h3-20,29H,1-2H3. The maximum atomic E-state index is 4.80. The number of rotatable bonds is 6. The Bertz CT molecular complexity index is 1080. The second-order valence-electron chi connectivity index (χ2n) is 7.23. The average Bonchev–Trinajstić information content (AvgIpc) is 2.80. The van der Waals surface area contributed by atoms with Crippen LogP contribution in [0, 0.1) is 6.92 Å². The molecule has 0 aliphatic heterocycles. The van der Waals surface area contributed by atoms with E-state index in [0.717, 1.165) is 22.6 Å². The van der Waals surface area contributed by atoms with Gasteiger partial charge in [0.1, 0.15) is 0 Å². The molecule has 0 saturated carbocycles. The minimum atomic E-state index is -0.700. The zero-order chi connectivity index (χ0) is 20.8. The van der Waals surface area contributed by atoms with E-state index in [9.17, 15) is 0 Å². The van der Waals surface area contributed by atoms with E-state index in [1.807, 2.05) is 0 Å². The van der Waals surface area contributed by atoms with Gasteiger partial charge in [0, 0.05) is 22.0 Å². The van der Waals surface area contributed by atoms with Gasteiger partial charge in [0.2, 0.25) is 0 Å². The maximum absolute atomic E-state index is 4.80. The fourth-order valence-electron chi connectivity index (χ4n) is 3.25. The van der Waals surface area contributed by atoms with Crippen molar-refractivity contribution >= 4 is 35.8 Å². The topological polar surface area (TPSA) is 24.4 Å². The smallest absolute Gasteiger partial charge is 0.0633 e. The molecule has 148 valence electrons. The normalized spacial score (nSPS) is 11.5. The van der Waals surface area contributed by atoms with E-state index in [2.05, 4.69) is 128 Å². The molecule has 0 heterocycles. The van der Waals surface area contributed by atoms with Crippen molar-refractivity contribution in [1.82, 2.24) is 0 Å². The van der Waals surface area contributed by atoms with Crippen LogP contribution >= 0.6 is 8.07 Å². The Kier molecular flexibility index (Phi) is 6.37. The van der Waals surface area contributed by atoms with Crippen molar-refractivity contribution in [2.45, 2.75) is 13.8 Å². The molecule has 4 rings (SSSR count). The lowest BCUT2D eigenvalue weighted by atomic mass is 10.1. The highest BCUT2D eigenvalue weighted by Gasteiger charge is 2.14. The van der Waals surface area contributed by atoms with Gasteiger partial charge in [-0.2, -0.15) is 0 Å². The molecule has 0 unspecified atom stereocenters. The van der Waals surface area contributed by atoms with Gasteiger partial charge in [0.25, 0.3) is 0 Å². The van der Waals surface area contributed by atoms with Gasteiger partial charge in [-0.3, -0.25) is 4.99 Å². The van der Waals surface area contributed by atoms with Crippen LogP contribution in [0.3, 0.4) is 0 Å². The van der Waals surface area contributed by atoms with Crippen LogP contribution in [0.1, 0.15) is 18.1 Å². The molecule has 1 N–H and O–H groups in total. The Balaban J connectivity index is 1.63. The van der Waals surface area contributed by atoms with Crippen molar-refractivity contribution in [3.05, 3.63) is 120 Å². The van der Waals surface area contributed by atoms with E-state index >= 15 is 0 Å². The number of nitrogens with zero attached hydrogens (tertiary/aromatic N) is 1. The van der Waals surface area contributed by atoms with Gasteiger partial charge in [-0.05, 0) is 43.7 Å². The second-order valence-corrected chi connectivity index (χ2v) is 9.16.